The summed E-state index contributed by atoms with van der Waals surface area (Å²) >= 11 is 12.6. The van der Waals surface area contributed by atoms with Gasteiger partial charge in [0, 0.05) is 37.6 Å². The number of nitrogens with one attached hydrogen (secondary N) is 2. The third-order valence-corrected chi connectivity index (χ3v) is 9.20. The van der Waals surface area contributed by atoms with Crippen molar-refractivity contribution in [3.8, 4) is 0 Å². The number of carbonyl (C=O) groups excluding carboxylic acids is 2. The van der Waals surface area contributed by atoms with Crippen molar-refractivity contribution >= 4 is 46.7 Å². The van der Waals surface area contributed by atoms with Gasteiger partial charge in [0.25, 0.3) is 11.8 Å². The number of rotatable bonds is 14. The first kappa shape index (κ1) is 35.6. The molecule has 0 aliphatic rings. The van der Waals surface area contributed by atoms with Gasteiger partial charge in [-0.2, -0.15) is 10.2 Å². The van der Waals surface area contributed by atoms with Crippen LogP contribution in [0.4, 0.5) is 11.6 Å². The van der Waals surface area contributed by atoms with Crippen molar-refractivity contribution in [2.24, 2.45) is 0 Å². The number of halogens is 2. The van der Waals surface area contributed by atoms with Crippen LogP contribution in [-0.4, -0.2) is 31.4 Å². The first-order chi connectivity index (χ1) is 24.7. The van der Waals surface area contributed by atoms with Gasteiger partial charge in [-0.3, -0.25) is 19.0 Å². The summed E-state index contributed by atoms with van der Waals surface area (Å²) in [6.45, 7) is 4.80. The molecule has 0 bridgehead atoms. The summed E-state index contributed by atoms with van der Waals surface area (Å²) in [5.74, 6) is 0.273. The summed E-state index contributed by atoms with van der Waals surface area (Å²) in [4.78, 5) is 25.9. The number of aryl methyl sites for hydroxylation is 4. The number of anilines is 2. The second kappa shape index (κ2) is 16.7. The molecule has 0 radical (unpaired) electrons. The van der Waals surface area contributed by atoms with E-state index in [4.69, 9.17) is 27.9 Å². The molecule has 2 atom stereocenters. The second-order valence-corrected chi connectivity index (χ2v) is 13.0. The Hall–Kier alpha value is -5.22. The summed E-state index contributed by atoms with van der Waals surface area (Å²) in [7, 11) is 0. The molecule has 0 spiro atoms. The molecule has 2 heterocycles. The molecule has 0 saturated heterocycles. The quantitative estimate of drug-likeness (QED) is 0.117. The summed E-state index contributed by atoms with van der Waals surface area (Å²) < 4.78 is 10.5. The van der Waals surface area contributed by atoms with Crippen molar-refractivity contribution in [1.82, 2.24) is 19.6 Å². The van der Waals surface area contributed by atoms with Crippen LogP contribution in [0.1, 0.15) is 68.0 Å². The molecule has 260 valence electrons. The maximum atomic E-state index is 13.0. The smallest absolute Gasteiger partial charge is 0.258 e. The number of aromatic nitrogens is 4. The Bertz CT molecular complexity index is 1910. The Labute approximate surface area is 307 Å². The largest absolute Gasteiger partial charge is 0.365 e. The Kier molecular flexibility index (Phi) is 11.6. The van der Waals surface area contributed by atoms with E-state index < -0.39 is 0 Å². The minimum atomic E-state index is -0.304. The number of amides is 2. The minimum Gasteiger partial charge on any atom is -0.365 e. The number of nitrogens with zero attached hydrogens (tertiary/aromatic N) is 4. The number of ether oxygens (including phenoxy) is 1. The van der Waals surface area contributed by atoms with Crippen LogP contribution in [0.15, 0.2) is 122 Å². The monoisotopic (exact) mass is 720 g/mol. The van der Waals surface area contributed by atoms with Crippen LogP contribution in [0.5, 0.6) is 0 Å². The second-order valence-electron chi connectivity index (χ2n) is 12.2. The van der Waals surface area contributed by atoms with Crippen molar-refractivity contribution in [3.63, 3.8) is 0 Å². The maximum absolute atomic E-state index is 13.0. The molecule has 0 aliphatic carbocycles. The third-order valence-electron chi connectivity index (χ3n) is 8.57. The van der Waals surface area contributed by atoms with Gasteiger partial charge in [0.2, 0.25) is 0 Å². The SMILES string of the molecule is Cc1cccc(Cl)c1C(=O)Nc1ccn(CCC(OC(CCn2ccc(NC(=O)c3c(C)cccc3Cl)n2)c2ccccc2)c2ccccc2)n1. The number of benzene rings is 4. The van der Waals surface area contributed by atoms with Crippen molar-refractivity contribution in [3.05, 3.63) is 165 Å². The van der Waals surface area contributed by atoms with Gasteiger partial charge in [0.05, 0.1) is 33.4 Å². The van der Waals surface area contributed by atoms with E-state index >= 15 is 0 Å². The van der Waals surface area contributed by atoms with E-state index in [0.717, 1.165) is 22.3 Å². The zero-order chi connectivity index (χ0) is 35.7. The molecule has 6 rings (SSSR count). The van der Waals surface area contributed by atoms with Gasteiger partial charge in [-0.1, -0.05) is 108 Å². The third kappa shape index (κ3) is 9.12. The predicted molar refractivity (Wildman–Crippen MR) is 201 cm³/mol. The van der Waals surface area contributed by atoms with Crippen molar-refractivity contribution < 1.29 is 14.3 Å². The summed E-state index contributed by atoms with van der Waals surface area (Å²) in [6.07, 6.45) is 4.43. The van der Waals surface area contributed by atoms with E-state index in [-0.39, 0.29) is 24.0 Å². The molecule has 51 heavy (non-hydrogen) atoms. The van der Waals surface area contributed by atoms with E-state index in [1.165, 1.54) is 0 Å². The molecule has 0 saturated carbocycles. The average molecular weight is 722 g/mol. The number of hydrogen-bond acceptors (Lipinski definition) is 5. The Balaban J connectivity index is 1.13. The molecule has 0 fully saturated rings. The van der Waals surface area contributed by atoms with Crippen LogP contribution in [0.25, 0.3) is 0 Å². The predicted octanol–water partition coefficient (Wildman–Crippen LogP) is 9.49. The standard InChI is InChI=1S/C40H38Cl2N6O3/c1-27-11-9-17-31(41)37(27)39(49)43-35-21-25-47(45-35)23-19-33(29-13-5-3-6-14-29)51-34(30-15-7-4-8-16-30)20-24-48-26-22-36(46-48)44-40(50)38-28(2)12-10-18-32(38)42/h3-18,21-22,25-26,33-34H,19-20,23-24H2,1-2H3,(H,43,45,49)(H,44,46,50). The fraction of sp³-hybridized carbons (Fsp3) is 0.200. The molecule has 2 N–H and O–H groups in total. The zero-order valence-electron chi connectivity index (χ0n) is 28.3. The van der Waals surface area contributed by atoms with Crippen molar-refractivity contribution in [1.29, 1.82) is 0 Å². The van der Waals surface area contributed by atoms with Gasteiger partial charge < -0.3 is 15.4 Å². The maximum Gasteiger partial charge on any atom is 0.258 e. The normalized spacial score (nSPS) is 12.3. The van der Waals surface area contributed by atoms with Crippen LogP contribution in [0.3, 0.4) is 0 Å². The Morgan fingerprint density at radius 3 is 1.41 bits per heavy atom. The Morgan fingerprint density at radius 2 is 1.02 bits per heavy atom. The summed E-state index contributed by atoms with van der Waals surface area (Å²) in [6, 6.07) is 34.5. The molecule has 9 nitrogen and oxygen atoms in total. The fourth-order valence-electron chi connectivity index (χ4n) is 5.96. The minimum absolute atomic E-state index is 0.254. The van der Waals surface area contributed by atoms with Crippen LogP contribution in [0, 0.1) is 13.8 Å². The highest BCUT2D eigenvalue weighted by atomic mass is 35.5. The average Bonchev–Trinajstić information content (AvgIpc) is 3.77. The zero-order valence-corrected chi connectivity index (χ0v) is 29.8. The van der Waals surface area contributed by atoms with Gasteiger partial charge in [-0.15, -0.1) is 0 Å². The fourth-order valence-corrected chi connectivity index (χ4v) is 6.58. The number of carbonyl (C=O) groups is 2. The topological polar surface area (TPSA) is 103 Å². The van der Waals surface area contributed by atoms with Gasteiger partial charge in [0.15, 0.2) is 11.6 Å². The first-order valence-corrected chi connectivity index (χ1v) is 17.5. The Morgan fingerprint density at radius 1 is 0.608 bits per heavy atom. The van der Waals surface area contributed by atoms with Crippen LogP contribution >= 0.6 is 23.2 Å². The molecule has 0 aliphatic heterocycles. The van der Waals surface area contributed by atoms with Crippen LogP contribution in [-0.2, 0) is 17.8 Å². The van der Waals surface area contributed by atoms with Crippen molar-refractivity contribution in [2.75, 3.05) is 10.6 Å². The molecular weight excluding hydrogens is 683 g/mol. The lowest BCUT2D eigenvalue weighted by molar-refractivity contribution is -0.0287. The first-order valence-electron chi connectivity index (χ1n) is 16.7. The van der Waals surface area contributed by atoms with Gasteiger partial charge in [0.1, 0.15) is 0 Å². The summed E-state index contributed by atoms with van der Waals surface area (Å²) in [5, 5.41) is 15.7. The lowest BCUT2D eigenvalue weighted by Gasteiger charge is -2.26. The van der Waals surface area contributed by atoms with E-state index in [1.807, 2.05) is 86.9 Å². The lowest BCUT2D eigenvalue weighted by Crippen LogP contribution is -2.17. The molecule has 4 aromatic carbocycles. The van der Waals surface area contributed by atoms with E-state index in [0.29, 0.717) is 58.7 Å². The molecular formula is C40H38Cl2N6O3. The van der Waals surface area contributed by atoms with Gasteiger partial charge in [-0.05, 0) is 61.1 Å². The highest BCUT2D eigenvalue weighted by Gasteiger charge is 2.22. The lowest BCUT2D eigenvalue weighted by atomic mass is 10.0. The molecule has 11 heteroatoms. The highest BCUT2D eigenvalue weighted by Crippen LogP contribution is 2.32. The molecule has 2 aromatic heterocycles. The number of hydrogen-bond donors (Lipinski definition) is 2. The van der Waals surface area contributed by atoms with E-state index in [2.05, 4.69) is 45.1 Å². The molecule has 6 aromatic rings. The molecule has 2 unspecified atom stereocenters. The van der Waals surface area contributed by atoms with Crippen molar-refractivity contribution in [2.45, 2.75) is 52.0 Å². The highest BCUT2D eigenvalue weighted by molar-refractivity contribution is 6.35. The molecule has 2 amide bonds. The van der Waals surface area contributed by atoms with Crippen LogP contribution in [0.2, 0.25) is 10.0 Å². The van der Waals surface area contributed by atoms with Gasteiger partial charge in [-0.25, -0.2) is 0 Å². The summed E-state index contributed by atoms with van der Waals surface area (Å²) in [5.41, 5.74) is 4.54. The van der Waals surface area contributed by atoms with E-state index in [1.54, 1.807) is 33.6 Å². The van der Waals surface area contributed by atoms with Gasteiger partial charge >= 0.3 is 0 Å². The van der Waals surface area contributed by atoms with Crippen LogP contribution < -0.4 is 10.6 Å². The van der Waals surface area contributed by atoms with E-state index in [9.17, 15) is 9.59 Å².